The van der Waals surface area contributed by atoms with E-state index >= 15 is 0 Å². The lowest BCUT2D eigenvalue weighted by Gasteiger charge is -1.91. The third kappa shape index (κ3) is 3.36. The molecule has 1 rings (SSSR count). The smallest absolute Gasteiger partial charge is 0.109 e. The van der Waals surface area contributed by atoms with E-state index in [1.807, 2.05) is 6.08 Å². The molecule has 0 fully saturated rings. The summed E-state index contributed by atoms with van der Waals surface area (Å²) >= 11 is 12.1. The molecule has 57 valence electrons. The van der Waals surface area contributed by atoms with Gasteiger partial charge in [-0.1, -0.05) is 11.6 Å². The minimum absolute atomic E-state index is 0.514. The second-order valence-corrected chi connectivity index (χ2v) is 4.98. The number of halogens is 3. The Labute approximate surface area is 86.7 Å². The number of pyridine rings is 1. The lowest BCUT2D eigenvalue weighted by atomic mass is 10.3. The molecule has 0 N–H and O–H groups in total. The van der Waals surface area contributed by atoms with E-state index in [4.69, 9.17) is 11.6 Å². The summed E-state index contributed by atoms with van der Waals surface area (Å²) in [5.41, 5.74) is 0.928. The summed E-state index contributed by atoms with van der Waals surface area (Å²) in [6.45, 7) is 0. The summed E-state index contributed by atoms with van der Waals surface area (Å²) < 4.78 is 0.856. The van der Waals surface area contributed by atoms with Crippen molar-refractivity contribution in [3.05, 3.63) is 32.4 Å². The van der Waals surface area contributed by atoms with Crippen molar-refractivity contribution in [1.82, 2.24) is 4.98 Å². The molecule has 11 heavy (non-hydrogen) atoms. The maximum Gasteiger partial charge on any atom is 0.109 e. The van der Waals surface area contributed by atoms with Gasteiger partial charge in [0.25, 0.3) is 0 Å². The number of aromatic nitrogens is 1. The van der Waals surface area contributed by atoms with Crippen molar-refractivity contribution >= 4 is 49.5 Å². The van der Waals surface area contributed by atoms with Crippen LogP contribution in [-0.2, 0) is 0 Å². The second-order valence-electron chi connectivity index (χ2n) is 1.80. The van der Waals surface area contributed by atoms with Gasteiger partial charge in [-0.05, 0) is 49.6 Å². The molecule has 0 unspecified atom stereocenters. The van der Waals surface area contributed by atoms with Gasteiger partial charge in [0, 0.05) is 6.20 Å². The van der Waals surface area contributed by atoms with Gasteiger partial charge in [-0.2, -0.15) is 0 Å². The summed E-state index contributed by atoms with van der Waals surface area (Å²) in [4.78, 5) is 3.79. The molecule has 1 aromatic heterocycles. The molecule has 0 atom stereocenters. The Hall–Kier alpha value is 0.140. The highest BCUT2D eigenvalue weighted by molar-refractivity contribution is 9.28. The van der Waals surface area contributed by atoms with Crippen LogP contribution in [0.1, 0.15) is 5.56 Å². The molecule has 1 aromatic rings. The first-order valence-corrected chi connectivity index (χ1v) is 4.71. The van der Waals surface area contributed by atoms with Crippen LogP contribution in [0, 0.1) is 6.20 Å². The van der Waals surface area contributed by atoms with Crippen molar-refractivity contribution in [2.24, 2.45) is 0 Å². The Morgan fingerprint density at radius 3 is 2.91 bits per heavy atom. The van der Waals surface area contributed by atoms with Crippen molar-refractivity contribution in [1.29, 1.82) is 0 Å². The average molecular weight is 296 g/mol. The van der Waals surface area contributed by atoms with Crippen LogP contribution in [0.3, 0.4) is 0 Å². The zero-order chi connectivity index (χ0) is 8.27. The highest BCUT2D eigenvalue weighted by atomic mass is 79.9. The van der Waals surface area contributed by atoms with Crippen molar-refractivity contribution in [2.75, 3.05) is 0 Å². The molecule has 1 radical (unpaired) electrons. The lowest BCUT2D eigenvalue weighted by molar-refractivity contribution is 1.30. The SMILES string of the molecule is Clc1[c]ncc(C=C(Br)Br)c1. The fourth-order valence-electron chi connectivity index (χ4n) is 0.589. The van der Waals surface area contributed by atoms with Gasteiger partial charge in [0.1, 0.15) is 6.20 Å². The van der Waals surface area contributed by atoms with Crippen LogP contribution >= 0.6 is 43.5 Å². The van der Waals surface area contributed by atoms with Gasteiger partial charge in [0.05, 0.1) is 8.41 Å². The van der Waals surface area contributed by atoms with E-state index in [9.17, 15) is 0 Å². The molecule has 0 amide bonds. The van der Waals surface area contributed by atoms with E-state index in [-0.39, 0.29) is 0 Å². The second kappa shape index (κ2) is 4.24. The highest BCUT2D eigenvalue weighted by Gasteiger charge is 1.91. The van der Waals surface area contributed by atoms with Crippen molar-refractivity contribution < 1.29 is 0 Å². The van der Waals surface area contributed by atoms with Crippen molar-refractivity contribution in [3.63, 3.8) is 0 Å². The van der Waals surface area contributed by atoms with Crippen molar-refractivity contribution in [3.8, 4) is 0 Å². The monoisotopic (exact) mass is 294 g/mol. The van der Waals surface area contributed by atoms with E-state index in [2.05, 4.69) is 43.0 Å². The molecule has 4 heteroatoms. The number of rotatable bonds is 1. The fraction of sp³-hybridized carbons (Fsp3) is 0. The van der Waals surface area contributed by atoms with Gasteiger partial charge >= 0.3 is 0 Å². The maximum atomic E-state index is 5.65. The summed E-state index contributed by atoms with van der Waals surface area (Å²) in [6, 6.07) is 1.77. The van der Waals surface area contributed by atoms with Crippen LogP contribution in [0.15, 0.2) is 15.7 Å². The molecule has 0 aliphatic rings. The zero-order valence-corrected chi connectivity index (χ0v) is 9.24. The van der Waals surface area contributed by atoms with Crippen LogP contribution in [-0.4, -0.2) is 4.98 Å². The average Bonchev–Trinajstić information content (AvgIpc) is 1.85. The van der Waals surface area contributed by atoms with Crippen LogP contribution in [0.4, 0.5) is 0 Å². The number of hydrogen-bond acceptors (Lipinski definition) is 1. The summed E-state index contributed by atoms with van der Waals surface area (Å²) in [5, 5.41) is 0.514. The standard InChI is InChI=1S/C7H3Br2ClN/c8-7(9)2-5-1-6(10)4-11-3-5/h1-3H. The molecule has 0 bridgehead atoms. The molecule has 0 aliphatic carbocycles. The Balaban J connectivity index is 2.97. The van der Waals surface area contributed by atoms with E-state index in [1.165, 1.54) is 0 Å². The Morgan fingerprint density at radius 1 is 1.64 bits per heavy atom. The van der Waals surface area contributed by atoms with Crippen molar-refractivity contribution in [2.45, 2.75) is 0 Å². The van der Waals surface area contributed by atoms with Crippen LogP contribution < -0.4 is 0 Å². The predicted molar refractivity (Wildman–Crippen MR) is 53.9 cm³/mol. The molecular formula is C7H3Br2ClN. The first-order chi connectivity index (χ1) is 5.18. The van der Waals surface area contributed by atoms with Gasteiger partial charge < -0.3 is 0 Å². The molecule has 0 spiro atoms. The largest absolute Gasteiger partial charge is 0.252 e. The normalized spacial score (nSPS) is 9.36. The predicted octanol–water partition coefficient (Wildman–Crippen LogP) is 3.62. The molecular weight excluding hydrogens is 293 g/mol. The van der Waals surface area contributed by atoms with Gasteiger partial charge in [-0.25, -0.2) is 0 Å². The lowest BCUT2D eigenvalue weighted by Crippen LogP contribution is -1.75. The van der Waals surface area contributed by atoms with E-state index < -0.39 is 0 Å². The molecule has 1 nitrogen and oxygen atoms in total. The Morgan fingerprint density at radius 2 is 2.36 bits per heavy atom. The molecule has 0 saturated carbocycles. The van der Waals surface area contributed by atoms with Crippen LogP contribution in [0.5, 0.6) is 0 Å². The Bertz CT molecular complexity index is 282. The Kier molecular flexibility index (Phi) is 3.55. The highest BCUT2D eigenvalue weighted by Crippen LogP contribution is 2.18. The first-order valence-electron chi connectivity index (χ1n) is 2.74. The van der Waals surface area contributed by atoms with E-state index in [1.54, 1.807) is 12.3 Å². The fourth-order valence-corrected chi connectivity index (χ4v) is 1.29. The quantitative estimate of drug-likeness (QED) is 0.771. The minimum atomic E-state index is 0.514. The topological polar surface area (TPSA) is 12.9 Å². The van der Waals surface area contributed by atoms with Gasteiger partial charge in [-0.15, -0.1) is 0 Å². The summed E-state index contributed by atoms with van der Waals surface area (Å²) in [7, 11) is 0. The maximum absolute atomic E-state index is 5.65. The number of nitrogens with zero attached hydrogens (tertiary/aromatic N) is 1. The third-order valence-electron chi connectivity index (χ3n) is 0.954. The van der Waals surface area contributed by atoms with Gasteiger partial charge in [0.15, 0.2) is 0 Å². The van der Waals surface area contributed by atoms with Gasteiger partial charge in [0.2, 0.25) is 0 Å². The third-order valence-corrected chi connectivity index (χ3v) is 1.61. The summed E-state index contributed by atoms with van der Waals surface area (Å²) in [5.74, 6) is 0. The molecule has 0 aliphatic heterocycles. The number of hydrogen-bond donors (Lipinski definition) is 0. The van der Waals surface area contributed by atoms with Crippen LogP contribution in [0.2, 0.25) is 5.02 Å². The van der Waals surface area contributed by atoms with Crippen LogP contribution in [0.25, 0.3) is 6.08 Å². The molecule has 0 aromatic carbocycles. The molecule has 0 saturated heterocycles. The van der Waals surface area contributed by atoms with E-state index in [0.717, 1.165) is 8.96 Å². The summed E-state index contributed by atoms with van der Waals surface area (Å²) in [6.07, 6.45) is 6.13. The zero-order valence-electron chi connectivity index (χ0n) is 5.31. The van der Waals surface area contributed by atoms with Gasteiger partial charge in [-0.3, -0.25) is 4.98 Å². The first kappa shape index (κ1) is 9.23. The molecule has 1 heterocycles. The minimum Gasteiger partial charge on any atom is -0.252 e. The van der Waals surface area contributed by atoms with E-state index in [0.29, 0.717) is 5.02 Å².